The fourth-order valence-electron chi connectivity index (χ4n) is 6.31. The van der Waals surface area contributed by atoms with E-state index in [-0.39, 0.29) is 56.9 Å². The van der Waals surface area contributed by atoms with E-state index in [4.69, 9.17) is 28.4 Å². The lowest BCUT2D eigenvalue weighted by molar-refractivity contribution is 0.125. The van der Waals surface area contributed by atoms with Crippen LogP contribution in [-0.4, -0.2) is 41.7 Å². The van der Waals surface area contributed by atoms with Gasteiger partial charge in [0.15, 0.2) is 0 Å². The Morgan fingerprint density at radius 1 is 0.481 bits per heavy atom. The molecule has 0 aromatic heterocycles. The molecule has 1 unspecified atom stereocenters. The molecular weight excluding hydrogens is 660 g/mol. The molecule has 3 aromatic rings. The summed E-state index contributed by atoms with van der Waals surface area (Å²) in [5.74, 6) is 1.37. The number of rotatable bonds is 22. The topological polar surface area (TPSA) is 116 Å². The van der Waals surface area contributed by atoms with Crippen LogP contribution < -0.4 is 0 Å². The van der Waals surface area contributed by atoms with Gasteiger partial charge in [-0.2, -0.15) is 0 Å². The molecule has 0 saturated heterocycles. The van der Waals surface area contributed by atoms with Crippen molar-refractivity contribution >= 4 is 0 Å². The first-order valence-electron chi connectivity index (χ1n) is 18.1. The average molecular weight is 721 g/mol. The Morgan fingerprint density at radius 2 is 0.731 bits per heavy atom. The minimum atomic E-state index is -0.880. The molecule has 3 N–H and O–H groups in total. The predicted octanol–water partition coefficient (Wildman–Crippen LogP) is 9.33. The second-order valence-electron chi connectivity index (χ2n) is 13.7. The molecule has 0 bridgehead atoms. The molecule has 0 heterocycles. The van der Waals surface area contributed by atoms with Crippen LogP contribution in [0.15, 0.2) is 61.1 Å². The molecule has 3 aromatic carbocycles. The van der Waals surface area contributed by atoms with E-state index in [0.29, 0.717) is 71.3 Å². The molecule has 0 saturated carbocycles. The van der Waals surface area contributed by atoms with E-state index in [1.807, 2.05) is 64.1 Å². The maximum absolute atomic E-state index is 11.5. The highest BCUT2D eigenvalue weighted by molar-refractivity contribution is 5.57. The molecule has 0 fully saturated rings. The van der Waals surface area contributed by atoms with Gasteiger partial charge in [0, 0.05) is 70.6 Å². The average Bonchev–Trinajstić information content (AvgIpc) is 3.11. The van der Waals surface area contributed by atoms with Crippen molar-refractivity contribution in [3.8, 4) is 17.2 Å². The summed E-state index contributed by atoms with van der Waals surface area (Å²) in [6.07, 6.45) is 0. The lowest BCUT2D eigenvalue weighted by Gasteiger charge is -2.47. The van der Waals surface area contributed by atoms with Gasteiger partial charge in [-0.15, -0.1) is 0 Å². The van der Waals surface area contributed by atoms with Gasteiger partial charge in [-0.1, -0.05) is 33.9 Å². The fraction of sp³-hybridized carbons (Fsp3) is 0.488. The van der Waals surface area contributed by atoms with Crippen molar-refractivity contribution in [1.82, 2.24) is 0 Å². The number of phenolic OH excluding ortho intramolecular Hbond substituents is 3. The maximum Gasteiger partial charge on any atom is 0.128 e. The Morgan fingerprint density at radius 3 is 0.981 bits per heavy atom. The maximum atomic E-state index is 11.5. The van der Waals surface area contributed by atoms with Crippen LogP contribution in [0.4, 0.5) is 0 Å². The molecule has 1 atom stereocenters. The van der Waals surface area contributed by atoms with Gasteiger partial charge in [0.05, 0.1) is 37.9 Å². The number of aromatic hydroxyl groups is 3. The molecule has 0 radical (unpaired) electrons. The molecule has 0 aliphatic heterocycles. The van der Waals surface area contributed by atoms with E-state index in [1.165, 1.54) is 0 Å². The Kier molecular flexibility index (Phi) is 15.6. The molecular formula is C43H60O9. The van der Waals surface area contributed by atoms with E-state index in [2.05, 4.69) is 33.9 Å². The van der Waals surface area contributed by atoms with Gasteiger partial charge in [-0.05, 0) is 94.6 Å². The summed E-state index contributed by atoms with van der Waals surface area (Å²) < 4.78 is 35.0. The summed E-state index contributed by atoms with van der Waals surface area (Å²) in [7, 11) is 0. The number of hydrogen-bond donors (Lipinski definition) is 3. The van der Waals surface area contributed by atoms with Crippen LogP contribution in [0, 0.1) is 0 Å². The van der Waals surface area contributed by atoms with Crippen molar-refractivity contribution in [2.24, 2.45) is 0 Å². The van der Waals surface area contributed by atoms with E-state index < -0.39 is 10.8 Å². The monoisotopic (exact) mass is 720 g/mol. The van der Waals surface area contributed by atoms with Crippen LogP contribution in [0.1, 0.15) is 112 Å². The van der Waals surface area contributed by atoms with E-state index in [1.54, 1.807) is 13.8 Å². The summed E-state index contributed by atoms with van der Waals surface area (Å²) >= 11 is 0. The highest BCUT2D eigenvalue weighted by atomic mass is 16.5. The van der Waals surface area contributed by atoms with Crippen LogP contribution in [0.2, 0.25) is 0 Å². The summed E-state index contributed by atoms with van der Waals surface area (Å²) in [5, 5.41) is 34.4. The third kappa shape index (κ3) is 9.89. The smallest absolute Gasteiger partial charge is 0.128 e. The number of hydrogen-bond acceptors (Lipinski definition) is 9. The zero-order chi connectivity index (χ0) is 38.6. The second-order valence-corrected chi connectivity index (χ2v) is 13.7. The lowest BCUT2D eigenvalue weighted by atomic mass is 9.56. The molecule has 0 amide bonds. The summed E-state index contributed by atoms with van der Waals surface area (Å²) in [5.41, 5.74) is 4.74. The van der Waals surface area contributed by atoms with Gasteiger partial charge >= 0.3 is 0 Å². The van der Waals surface area contributed by atoms with Gasteiger partial charge in [0.25, 0.3) is 0 Å². The Bertz CT molecular complexity index is 1580. The van der Waals surface area contributed by atoms with Crippen molar-refractivity contribution < 1.29 is 43.7 Å². The first kappa shape index (κ1) is 42.4. The highest BCUT2D eigenvalue weighted by Crippen LogP contribution is 2.52. The van der Waals surface area contributed by atoms with E-state index in [0.717, 1.165) is 16.7 Å². The molecule has 286 valence electrons. The lowest BCUT2D eigenvalue weighted by Crippen LogP contribution is -2.44. The normalized spacial score (nSPS) is 12.8. The zero-order valence-corrected chi connectivity index (χ0v) is 32.7. The number of ether oxygens (including phenoxy) is 6. The van der Waals surface area contributed by atoms with Gasteiger partial charge in [0.1, 0.15) is 30.5 Å². The summed E-state index contributed by atoms with van der Waals surface area (Å²) in [6.45, 7) is 28.4. The Balaban J connectivity index is 2.53. The van der Waals surface area contributed by atoms with E-state index in [9.17, 15) is 15.3 Å². The SMILES string of the molecule is C=C(C)OCc1cc(C(C)(c2cc(COCC)c(O)c(COCC)c2)C(C)(C)c2cc(COCC)c(O)c(COCC)c2)cc(COC(=C)C)c1O. The van der Waals surface area contributed by atoms with Gasteiger partial charge in [-0.25, -0.2) is 0 Å². The largest absolute Gasteiger partial charge is 0.507 e. The van der Waals surface area contributed by atoms with Crippen LogP contribution in [-0.2, 0) is 78.9 Å². The van der Waals surface area contributed by atoms with Crippen molar-refractivity contribution in [1.29, 1.82) is 0 Å². The first-order chi connectivity index (χ1) is 24.7. The summed E-state index contributed by atoms with van der Waals surface area (Å²) in [6, 6.07) is 11.9. The van der Waals surface area contributed by atoms with Gasteiger partial charge in [-0.3, -0.25) is 0 Å². The molecule has 3 rings (SSSR count). The molecule has 9 heteroatoms. The highest BCUT2D eigenvalue weighted by Gasteiger charge is 2.47. The minimum absolute atomic E-state index is 0.0637. The van der Waals surface area contributed by atoms with Crippen LogP contribution in [0.5, 0.6) is 17.2 Å². The van der Waals surface area contributed by atoms with Crippen LogP contribution in [0.3, 0.4) is 0 Å². The van der Waals surface area contributed by atoms with Crippen molar-refractivity contribution in [3.63, 3.8) is 0 Å². The minimum Gasteiger partial charge on any atom is -0.507 e. The molecule has 9 nitrogen and oxygen atoms in total. The molecule has 0 aliphatic carbocycles. The van der Waals surface area contributed by atoms with Gasteiger partial charge in [0.2, 0.25) is 0 Å². The van der Waals surface area contributed by atoms with E-state index >= 15 is 0 Å². The van der Waals surface area contributed by atoms with Crippen molar-refractivity contribution in [2.75, 3.05) is 26.4 Å². The quantitative estimate of drug-likeness (QED) is 0.0874. The Labute approximate surface area is 310 Å². The first-order valence-corrected chi connectivity index (χ1v) is 18.1. The van der Waals surface area contributed by atoms with Crippen molar-refractivity contribution in [2.45, 2.75) is 113 Å². The number of benzene rings is 3. The molecule has 52 heavy (non-hydrogen) atoms. The fourth-order valence-corrected chi connectivity index (χ4v) is 6.31. The predicted molar refractivity (Wildman–Crippen MR) is 204 cm³/mol. The molecule has 0 aliphatic rings. The summed E-state index contributed by atoms with van der Waals surface area (Å²) in [4.78, 5) is 0. The standard InChI is InChI=1S/C43H60O9/c1-12-47-22-30-16-36(17-31(39(30)44)23-48-13-2)42(9,10)43(11,37-18-32(24-49-14-3)40(45)33(19-37)25-50-15-4)38-20-34(26-51-28(5)6)41(46)35(21-38)27-52-29(7)8/h16-21,44-46H,5,7,12-15,22-27H2,1-4,6,8-11H3. The second kappa shape index (κ2) is 19.2. The number of phenols is 3. The Hall–Kier alpha value is -4.02. The van der Waals surface area contributed by atoms with Crippen LogP contribution in [0.25, 0.3) is 0 Å². The third-order valence-corrected chi connectivity index (χ3v) is 9.72. The third-order valence-electron chi connectivity index (χ3n) is 9.72. The zero-order valence-electron chi connectivity index (χ0n) is 32.7. The van der Waals surface area contributed by atoms with Gasteiger partial charge < -0.3 is 43.7 Å². The van der Waals surface area contributed by atoms with Crippen molar-refractivity contribution in [3.05, 3.63) is 111 Å². The molecule has 0 spiro atoms. The van der Waals surface area contributed by atoms with Crippen LogP contribution >= 0.6 is 0 Å². The number of allylic oxidation sites excluding steroid dienone is 2.